The van der Waals surface area contributed by atoms with E-state index in [1.54, 1.807) is 6.92 Å². The molecule has 0 atom stereocenters. The summed E-state index contributed by atoms with van der Waals surface area (Å²) in [7, 11) is 0. The zero-order valence-corrected chi connectivity index (χ0v) is 6.46. The third kappa shape index (κ3) is 23.5. The summed E-state index contributed by atoms with van der Waals surface area (Å²) in [6.45, 7) is 1.65. The molecule has 0 aromatic rings. The molecule has 0 saturated heterocycles. The van der Waals surface area contributed by atoms with E-state index in [0.717, 1.165) is 0 Å². The van der Waals surface area contributed by atoms with Crippen molar-refractivity contribution in [2.24, 2.45) is 0 Å². The summed E-state index contributed by atoms with van der Waals surface area (Å²) in [6, 6.07) is 0. The Labute approximate surface area is 46.8 Å². The minimum atomic E-state index is 0. The first-order valence-corrected chi connectivity index (χ1v) is 0.789. The molecule has 0 saturated carbocycles. The summed E-state index contributed by atoms with van der Waals surface area (Å²) in [4.78, 5) is 0. The van der Waals surface area contributed by atoms with Gasteiger partial charge in [-0.25, -0.2) is 0 Å². The Morgan fingerprint density at radius 3 is 1.75 bits per heavy atom. The molecule has 0 bridgehead atoms. The Kier molecular flexibility index (Phi) is 21.5. The molecule has 4 radical (unpaired) electrons. The standard InChI is InChI=1S/C3H4.Pb/c1-3-2;/h1H,2H3;. The SMILES string of the molecule is C#CC.[Pb]. The van der Waals surface area contributed by atoms with E-state index in [0.29, 0.717) is 0 Å². The molecule has 0 unspecified atom stereocenters. The Morgan fingerprint density at radius 2 is 1.75 bits per heavy atom. The van der Waals surface area contributed by atoms with E-state index in [2.05, 4.69) is 12.3 Å². The second kappa shape index (κ2) is 9.77. The average Bonchev–Trinajstić information content (AvgIpc) is 0.918. The fourth-order valence-electron chi connectivity index (χ4n) is 0. The molecule has 0 spiro atoms. The molecule has 0 N–H and O–H groups in total. The number of hydrogen-bond donors (Lipinski definition) is 0. The van der Waals surface area contributed by atoms with Crippen LogP contribution in [0.15, 0.2) is 0 Å². The third-order valence-electron chi connectivity index (χ3n) is 0. The van der Waals surface area contributed by atoms with Gasteiger partial charge in [-0.15, -0.1) is 12.3 Å². The third-order valence-corrected chi connectivity index (χ3v) is 0. The van der Waals surface area contributed by atoms with Crippen molar-refractivity contribution in [2.75, 3.05) is 0 Å². The van der Waals surface area contributed by atoms with Crippen LogP contribution in [0, 0.1) is 12.3 Å². The Morgan fingerprint density at radius 1 is 1.75 bits per heavy atom. The Balaban J connectivity index is 0. The van der Waals surface area contributed by atoms with Crippen LogP contribution in [0.25, 0.3) is 0 Å². The van der Waals surface area contributed by atoms with Crippen LogP contribution in [0.4, 0.5) is 0 Å². The fraction of sp³-hybridized carbons (Fsp3) is 0.333. The molecular formula is C3H4Pb. The van der Waals surface area contributed by atoms with Crippen LogP contribution in [-0.4, -0.2) is 27.3 Å². The van der Waals surface area contributed by atoms with Gasteiger partial charge in [-0.2, -0.15) is 0 Å². The molecule has 0 aromatic heterocycles. The molecular weight excluding hydrogens is 243 g/mol. The first-order valence-electron chi connectivity index (χ1n) is 0.789. The van der Waals surface area contributed by atoms with Crippen LogP contribution in [0.5, 0.6) is 0 Å². The topological polar surface area (TPSA) is 0 Å². The first kappa shape index (κ1) is 8.82. The van der Waals surface area contributed by atoms with Gasteiger partial charge in [-0.3, -0.25) is 0 Å². The molecule has 20 valence electrons. The van der Waals surface area contributed by atoms with Gasteiger partial charge in [-0.05, 0) is 6.92 Å². The van der Waals surface area contributed by atoms with Crippen molar-refractivity contribution in [3.8, 4) is 12.3 Å². The maximum absolute atomic E-state index is 4.60. The van der Waals surface area contributed by atoms with Crippen molar-refractivity contribution in [3.63, 3.8) is 0 Å². The normalized spacial score (nSPS) is 2.00. The van der Waals surface area contributed by atoms with E-state index in [4.69, 9.17) is 0 Å². The van der Waals surface area contributed by atoms with Crippen molar-refractivity contribution >= 4 is 27.3 Å². The summed E-state index contributed by atoms with van der Waals surface area (Å²) in [5, 5.41) is 0. The predicted octanol–water partition coefficient (Wildman–Crippen LogP) is 0.259. The van der Waals surface area contributed by atoms with Crippen LogP contribution in [-0.2, 0) is 0 Å². The van der Waals surface area contributed by atoms with Crippen molar-refractivity contribution in [1.82, 2.24) is 0 Å². The molecule has 0 amide bonds. The van der Waals surface area contributed by atoms with Gasteiger partial charge in [0.2, 0.25) is 0 Å². The van der Waals surface area contributed by atoms with Crippen molar-refractivity contribution in [3.05, 3.63) is 0 Å². The summed E-state index contributed by atoms with van der Waals surface area (Å²) in [5.74, 6) is 2.25. The summed E-state index contributed by atoms with van der Waals surface area (Å²) in [5.41, 5.74) is 0. The predicted molar refractivity (Wildman–Crippen MR) is 20.3 cm³/mol. The van der Waals surface area contributed by atoms with Crippen molar-refractivity contribution < 1.29 is 0 Å². The van der Waals surface area contributed by atoms with E-state index >= 15 is 0 Å². The van der Waals surface area contributed by atoms with Gasteiger partial charge in [0.1, 0.15) is 0 Å². The van der Waals surface area contributed by atoms with Gasteiger partial charge in [0, 0.05) is 27.3 Å². The average molecular weight is 247 g/mol. The van der Waals surface area contributed by atoms with Gasteiger partial charge >= 0.3 is 0 Å². The van der Waals surface area contributed by atoms with E-state index in [-0.39, 0.29) is 27.3 Å². The van der Waals surface area contributed by atoms with Crippen LogP contribution in [0.1, 0.15) is 6.92 Å². The summed E-state index contributed by atoms with van der Waals surface area (Å²) in [6.07, 6.45) is 4.60. The fourth-order valence-corrected chi connectivity index (χ4v) is 0. The molecule has 0 heterocycles. The molecule has 4 heavy (non-hydrogen) atoms. The molecule has 1 heteroatoms. The largest absolute Gasteiger partial charge is 0.120 e. The number of hydrogen-bond acceptors (Lipinski definition) is 0. The van der Waals surface area contributed by atoms with Crippen molar-refractivity contribution in [1.29, 1.82) is 0 Å². The minimum absolute atomic E-state index is 0. The molecule has 0 aromatic carbocycles. The maximum atomic E-state index is 4.60. The molecule has 0 rings (SSSR count). The van der Waals surface area contributed by atoms with Gasteiger partial charge in [0.05, 0.1) is 0 Å². The minimum Gasteiger partial charge on any atom is -0.120 e. The van der Waals surface area contributed by atoms with E-state index in [1.807, 2.05) is 0 Å². The van der Waals surface area contributed by atoms with E-state index in [1.165, 1.54) is 0 Å². The first-order chi connectivity index (χ1) is 1.41. The number of terminal acetylenes is 1. The second-order valence-corrected chi connectivity index (χ2v) is 0.289. The monoisotopic (exact) mass is 248 g/mol. The number of rotatable bonds is 0. The van der Waals surface area contributed by atoms with Crippen LogP contribution >= 0.6 is 0 Å². The molecule has 0 aliphatic carbocycles. The molecule has 0 nitrogen and oxygen atoms in total. The summed E-state index contributed by atoms with van der Waals surface area (Å²) >= 11 is 0. The quantitative estimate of drug-likeness (QED) is 0.425. The molecule has 0 fully saturated rings. The Bertz CT molecular complexity index is 24.8. The molecule has 0 aliphatic heterocycles. The van der Waals surface area contributed by atoms with Gasteiger partial charge in [-0.1, -0.05) is 0 Å². The van der Waals surface area contributed by atoms with Gasteiger partial charge < -0.3 is 0 Å². The van der Waals surface area contributed by atoms with Crippen LogP contribution in [0.2, 0.25) is 0 Å². The van der Waals surface area contributed by atoms with E-state index in [9.17, 15) is 0 Å². The van der Waals surface area contributed by atoms with Crippen molar-refractivity contribution in [2.45, 2.75) is 6.92 Å². The smallest absolute Gasteiger partial charge is 0 e. The zero-order valence-electron chi connectivity index (χ0n) is 2.58. The zero-order chi connectivity index (χ0) is 2.71. The van der Waals surface area contributed by atoms with Crippen LogP contribution in [0.3, 0.4) is 0 Å². The Hall–Kier alpha value is 0.482. The summed E-state index contributed by atoms with van der Waals surface area (Å²) < 4.78 is 0. The van der Waals surface area contributed by atoms with Gasteiger partial charge in [0.15, 0.2) is 0 Å². The maximum Gasteiger partial charge on any atom is 0 e. The second-order valence-electron chi connectivity index (χ2n) is 0.289. The molecule has 0 aliphatic rings. The van der Waals surface area contributed by atoms with Gasteiger partial charge in [0.25, 0.3) is 0 Å². The van der Waals surface area contributed by atoms with E-state index < -0.39 is 0 Å². The van der Waals surface area contributed by atoms with Crippen LogP contribution < -0.4 is 0 Å².